The first-order chi connectivity index (χ1) is 17.1. The summed E-state index contributed by atoms with van der Waals surface area (Å²) in [6.45, 7) is 0.725. The highest BCUT2D eigenvalue weighted by Gasteiger charge is 2.39. The number of hydrogen-bond acceptors (Lipinski definition) is 11. The van der Waals surface area contributed by atoms with Gasteiger partial charge in [0.15, 0.2) is 0 Å². The molecular formula is C23H38N2O11. The molecule has 0 radical (unpaired) electrons. The Morgan fingerprint density at radius 1 is 1.08 bits per heavy atom. The highest BCUT2D eigenvalue weighted by atomic mass is 17.0. The number of ketones is 1. The molecule has 36 heavy (non-hydrogen) atoms. The molecule has 1 saturated carbocycles. The zero-order valence-corrected chi connectivity index (χ0v) is 20.7. The fourth-order valence-electron chi connectivity index (χ4n) is 4.18. The summed E-state index contributed by atoms with van der Waals surface area (Å²) < 4.78 is 4.96. The molecule has 4 atom stereocenters. The number of Topliss-reactive ketones (excluding diaryl/α,β-unsaturated/α-hetero) is 1. The second-order valence-corrected chi connectivity index (χ2v) is 8.97. The van der Waals surface area contributed by atoms with Gasteiger partial charge in [-0.2, -0.15) is 0 Å². The van der Waals surface area contributed by atoms with Gasteiger partial charge in [-0.25, -0.2) is 0 Å². The van der Waals surface area contributed by atoms with Crippen LogP contribution in [-0.4, -0.2) is 63.7 Å². The van der Waals surface area contributed by atoms with E-state index in [2.05, 4.69) is 16.6 Å². The largest absolute Gasteiger partial charge is 0.458 e. The van der Waals surface area contributed by atoms with Crippen LogP contribution in [0.2, 0.25) is 0 Å². The van der Waals surface area contributed by atoms with Crippen molar-refractivity contribution < 1.29 is 44.4 Å². The fourth-order valence-corrected chi connectivity index (χ4v) is 4.18. The summed E-state index contributed by atoms with van der Waals surface area (Å²) in [5.74, 6) is -1.28. The van der Waals surface area contributed by atoms with Gasteiger partial charge < -0.3 is 24.6 Å². The average molecular weight is 519 g/mol. The smallest absolute Gasteiger partial charge is 0.306 e. The number of ether oxygens (including phenoxy) is 1. The summed E-state index contributed by atoms with van der Waals surface area (Å²) in [7, 11) is 0. The molecule has 206 valence electrons. The van der Waals surface area contributed by atoms with Gasteiger partial charge in [-0.05, 0) is 19.3 Å². The summed E-state index contributed by atoms with van der Waals surface area (Å²) in [5, 5.41) is 38.7. The maximum atomic E-state index is 12.3. The zero-order valence-electron chi connectivity index (χ0n) is 20.7. The van der Waals surface area contributed by atoms with Crippen LogP contribution in [-0.2, 0) is 24.0 Å². The standard InChI is InChI=1S/C23H38N2O11/c1-2-3-6-9-17(26)12-13-20-19(21(27)14-22(20)28)10-7-4-5-8-11-23(29)36-18(15-34-24(30)31)16-35-25(32)33/h12-13,17-20,22,26,28H,2-11,14-16H2,1H3/b13-12+/t17-,19+,20+,22+/m0/s1. The molecule has 13 nitrogen and oxygen atoms in total. The minimum atomic E-state index is -1.29. The van der Waals surface area contributed by atoms with E-state index in [0.717, 1.165) is 32.1 Å². The summed E-state index contributed by atoms with van der Waals surface area (Å²) >= 11 is 0. The maximum Gasteiger partial charge on any atom is 0.306 e. The van der Waals surface area contributed by atoms with Crippen LogP contribution >= 0.6 is 0 Å². The van der Waals surface area contributed by atoms with Gasteiger partial charge in [-0.1, -0.05) is 57.6 Å². The molecule has 0 aliphatic heterocycles. The molecule has 1 aliphatic carbocycles. The third-order valence-electron chi connectivity index (χ3n) is 6.07. The summed E-state index contributed by atoms with van der Waals surface area (Å²) in [6, 6.07) is 0. The normalized spacial score (nSPS) is 20.6. The molecule has 0 bridgehead atoms. The summed E-state index contributed by atoms with van der Waals surface area (Å²) in [5.41, 5.74) is 0. The van der Waals surface area contributed by atoms with E-state index in [1.165, 1.54) is 0 Å². The molecule has 0 aromatic rings. The van der Waals surface area contributed by atoms with E-state index >= 15 is 0 Å². The number of unbranched alkanes of at least 4 members (excludes halogenated alkanes) is 5. The molecule has 0 aromatic heterocycles. The molecule has 0 heterocycles. The Balaban J connectivity index is 2.35. The Labute approximate surface area is 210 Å². The lowest BCUT2D eigenvalue weighted by molar-refractivity contribution is -0.768. The third-order valence-corrected chi connectivity index (χ3v) is 6.07. The van der Waals surface area contributed by atoms with Crippen LogP contribution in [0, 0.1) is 32.1 Å². The Hall–Kier alpha value is -2.80. The first-order valence-corrected chi connectivity index (χ1v) is 12.4. The monoisotopic (exact) mass is 518 g/mol. The van der Waals surface area contributed by atoms with Crippen LogP contribution in [0.3, 0.4) is 0 Å². The highest BCUT2D eigenvalue weighted by Crippen LogP contribution is 2.34. The fraction of sp³-hybridized carbons (Fsp3) is 0.826. The molecule has 1 rings (SSSR count). The molecular weight excluding hydrogens is 480 g/mol. The van der Waals surface area contributed by atoms with Crippen molar-refractivity contribution in [3.05, 3.63) is 32.4 Å². The minimum Gasteiger partial charge on any atom is -0.458 e. The van der Waals surface area contributed by atoms with Crippen molar-refractivity contribution in [2.24, 2.45) is 11.8 Å². The summed E-state index contributed by atoms with van der Waals surface area (Å²) in [4.78, 5) is 53.0. The number of aliphatic hydroxyl groups is 2. The quantitative estimate of drug-likeness (QED) is 0.0792. The van der Waals surface area contributed by atoms with Crippen LogP contribution in [0.5, 0.6) is 0 Å². The van der Waals surface area contributed by atoms with Gasteiger partial charge in [0.2, 0.25) is 0 Å². The maximum absolute atomic E-state index is 12.3. The van der Waals surface area contributed by atoms with Crippen LogP contribution in [0.1, 0.15) is 77.6 Å². The van der Waals surface area contributed by atoms with Crippen molar-refractivity contribution in [3.8, 4) is 0 Å². The van der Waals surface area contributed by atoms with Gasteiger partial charge in [0, 0.05) is 24.7 Å². The van der Waals surface area contributed by atoms with Crippen molar-refractivity contribution >= 4 is 11.8 Å². The van der Waals surface area contributed by atoms with Gasteiger partial charge in [-0.3, -0.25) is 9.59 Å². The summed E-state index contributed by atoms with van der Waals surface area (Å²) in [6.07, 6.45) is 7.82. The van der Waals surface area contributed by atoms with Gasteiger partial charge in [0.1, 0.15) is 25.1 Å². The molecule has 1 aliphatic rings. The van der Waals surface area contributed by atoms with E-state index in [1.807, 2.05) is 0 Å². The molecule has 0 unspecified atom stereocenters. The number of rotatable bonds is 20. The van der Waals surface area contributed by atoms with Crippen molar-refractivity contribution in [2.75, 3.05) is 13.2 Å². The molecule has 1 fully saturated rings. The number of carbonyl (C=O) groups excluding carboxylic acids is 2. The second kappa shape index (κ2) is 17.6. The first kappa shape index (κ1) is 31.2. The number of aliphatic hydroxyl groups excluding tert-OH is 2. The van der Waals surface area contributed by atoms with Gasteiger partial charge in [-0.15, -0.1) is 20.2 Å². The van der Waals surface area contributed by atoms with Crippen LogP contribution in [0.25, 0.3) is 0 Å². The van der Waals surface area contributed by atoms with Gasteiger partial charge in [0.05, 0.1) is 12.2 Å². The molecule has 0 aromatic carbocycles. The molecule has 2 N–H and O–H groups in total. The first-order valence-electron chi connectivity index (χ1n) is 12.4. The lowest BCUT2D eigenvalue weighted by atomic mass is 9.88. The highest BCUT2D eigenvalue weighted by molar-refractivity contribution is 5.84. The average Bonchev–Trinajstić information content (AvgIpc) is 3.08. The Bertz CT molecular complexity index is 713. The van der Waals surface area contributed by atoms with E-state index in [-0.39, 0.29) is 30.5 Å². The van der Waals surface area contributed by atoms with Gasteiger partial charge in [0.25, 0.3) is 10.2 Å². The number of hydrogen-bond donors (Lipinski definition) is 2. The van der Waals surface area contributed by atoms with E-state index < -0.39 is 47.7 Å². The van der Waals surface area contributed by atoms with Crippen molar-refractivity contribution in [2.45, 2.75) is 95.9 Å². The van der Waals surface area contributed by atoms with E-state index in [4.69, 9.17) is 4.74 Å². The predicted molar refractivity (Wildman–Crippen MR) is 125 cm³/mol. The van der Waals surface area contributed by atoms with Crippen LogP contribution in [0.15, 0.2) is 12.2 Å². The lowest BCUT2D eigenvalue weighted by Crippen LogP contribution is -2.30. The molecule has 0 saturated heterocycles. The van der Waals surface area contributed by atoms with Crippen LogP contribution < -0.4 is 0 Å². The molecule has 0 amide bonds. The Kier molecular flexibility index (Phi) is 15.3. The minimum absolute atomic E-state index is 0.00971. The van der Waals surface area contributed by atoms with Crippen molar-refractivity contribution in [3.63, 3.8) is 0 Å². The lowest BCUT2D eigenvalue weighted by Gasteiger charge is -2.18. The zero-order chi connectivity index (χ0) is 26.9. The third kappa shape index (κ3) is 13.3. The van der Waals surface area contributed by atoms with E-state index in [9.17, 15) is 40.0 Å². The molecule has 0 spiro atoms. The Morgan fingerprint density at radius 3 is 2.33 bits per heavy atom. The second-order valence-electron chi connectivity index (χ2n) is 8.97. The van der Waals surface area contributed by atoms with Crippen molar-refractivity contribution in [1.29, 1.82) is 0 Å². The SMILES string of the molecule is CCCCC[C@H](O)/C=C/[C@H]1[C@H](O)CC(=O)[C@@H]1CCCCCCC(=O)OC(CO[N+](=O)[O-])CO[N+](=O)[O-]. The topological polar surface area (TPSA) is 189 Å². The number of carbonyl (C=O) groups is 2. The van der Waals surface area contributed by atoms with Gasteiger partial charge >= 0.3 is 5.97 Å². The van der Waals surface area contributed by atoms with E-state index in [1.54, 1.807) is 12.2 Å². The number of nitrogens with zero attached hydrogens (tertiary/aromatic N) is 2. The van der Waals surface area contributed by atoms with E-state index in [0.29, 0.717) is 25.7 Å². The molecule has 13 heteroatoms. The Morgan fingerprint density at radius 2 is 1.72 bits per heavy atom. The van der Waals surface area contributed by atoms with Crippen molar-refractivity contribution in [1.82, 2.24) is 0 Å². The van der Waals surface area contributed by atoms with Crippen LogP contribution in [0.4, 0.5) is 0 Å². The number of esters is 1. The predicted octanol–water partition coefficient (Wildman–Crippen LogP) is 2.72.